The number of anilines is 1. The van der Waals surface area contributed by atoms with E-state index in [1.807, 2.05) is 42.5 Å². The maximum absolute atomic E-state index is 12.7. The summed E-state index contributed by atoms with van der Waals surface area (Å²) in [5.41, 5.74) is 4.69. The quantitative estimate of drug-likeness (QED) is 0.751. The molecule has 1 heterocycles. The second-order valence-corrected chi connectivity index (χ2v) is 6.39. The van der Waals surface area contributed by atoms with Gasteiger partial charge < -0.3 is 9.73 Å². The zero-order valence-corrected chi connectivity index (χ0v) is 14.2. The summed E-state index contributed by atoms with van der Waals surface area (Å²) in [6, 6.07) is 15.7. The van der Waals surface area contributed by atoms with E-state index in [9.17, 15) is 4.79 Å². The fourth-order valence-corrected chi connectivity index (χ4v) is 3.39. The molecular formula is C21H20N2O2. The molecule has 0 saturated heterocycles. The summed E-state index contributed by atoms with van der Waals surface area (Å²) in [5.74, 6) is 0.780. The highest BCUT2D eigenvalue weighted by atomic mass is 16.4. The first kappa shape index (κ1) is 15.6. The number of carbonyl (C=O) groups is 1. The Balaban J connectivity index is 1.61. The molecule has 0 unspecified atom stereocenters. The van der Waals surface area contributed by atoms with Crippen LogP contribution in [-0.2, 0) is 12.8 Å². The van der Waals surface area contributed by atoms with Gasteiger partial charge in [-0.3, -0.25) is 4.79 Å². The highest BCUT2D eigenvalue weighted by Gasteiger charge is 2.20. The lowest BCUT2D eigenvalue weighted by atomic mass is 9.90. The topological polar surface area (TPSA) is 55.1 Å². The van der Waals surface area contributed by atoms with Crippen LogP contribution in [0.4, 0.5) is 5.69 Å². The van der Waals surface area contributed by atoms with E-state index in [0.717, 1.165) is 24.1 Å². The lowest BCUT2D eigenvalue weighted by Crippen LogP contribution is -2.16. The van der Waals surface area contributed by atoms with E-state index >= 15 is 0 Å². The first-order valence-corrected chi connectivity index (χ1v) is 8.67. The van der Waals surface area contributed by atoms with Crippen LogP contribution in [0, 0.1) is 6.92 Å². The average molecular weight is 332 g/mol. The van der Waals surface area contributed by atoms with Crippen molar-refractivity contribution in [2.24, 2.45) is 0 Å². The fourth-order valence-electron chi connectivity index (χ4n) is 3.39. The van der Waals surface area contributed by atoms with Crippen molar-refractivity contribution < 1.29 is 9.21 Å². The smallest absolute Gasteiger partial charge is 0.277 e. The second kappa shape index (κ2) is 6.55. The predicted molar refractivity (Wildman–Crippen MR) is 97.7 cm³/mol. The third-order valence-electron chi connectivity index (χ3n) is 4.68. The van der Waals surface area contributed by atoms with Crippen molar-refractivity contribution in [1.29, 1.82) is 0 Å². The summed E-state index contributed by atoms with van der Waals surface area (Å²) in [4.78, 5) is 17.1. The number of nitrogens with one attached hydrogen (secondary N) is 1. The lowest BCUT2D eigenvalue weighted by molar-refractivity contribution is 0.102. The Morgan fingerprint density at radius 2 is 1.84 bits per heavy atom. The Morgan fingerprint density at radius 1 is 1.04 bits per heavy atom. The number of carbonyl (C=O) groups excluding carboxylic acids is 1. The van der Waals surface area contributed by atoms with Crippen LogP contribution in [-0.4, -0.2) is 10.9 Å². The molecule has 1 N–H and O–H groups in total. The molecule has 0 fully saturated rings. The van der Waals surface area contributed by atoms with Crippen LogP contribution in [0.3, 0.4) is 0 Å². The number of nitrogens with zero attached hydrogens (tertiary/aromatic N) is 1. The zero-order valence-electron chi connectivity index (χ0n) is 14.2. The molecule has 0 radical (unpaired) electrons. The van der Waals surface area contributed by atoms with Crippen molar-refractivity contribution in [3.05, 3.63) is 71.1 Å². The van der Waals surface area contributed by atoms with Crippen LogP contribution in [0.5, 0.6) is 0 Å². The van der Waals surface area contributed by atoms with Crippen LogP contribution in [0.1, 0.15) is 40.2 Å². The van der Waals surface area contributed by atoms with Crippen LogP contribution in [0.15, 0.2) is 52.9 Å². The Labute approximate surface area is 146 Å². The minimum absolute atomic E-state index is 0.220. The third kappa shape index (κ3) is 3.07. The molecule has 1 aliphatic rings. The largest absolute Gasteiger partial charge is 0.441 e. The van der Waals surface area contributed by atoms with E-state index in [1.165, 1.54) is 24.0 Å². The van der Waals surface area contributed by atoms with Crippen LogP contribution < -0.4 is 5.32 Å². The molecule has 126 valence electrons. The van der Waals surface area contributed by atoms with Gasteiger partial charge in [-0.1, -0.05) is 30.3 Å². The number of rotatable bonds is 3. The Bertz CT molecular complexity index is 913. The summed E-state index contributed by atoms with van der Waals surface area (Å²) in [6.45, 7) is 1.77. The first-order chi connectivity index (χ1) is 12.2. The summed E-state index contributed by atoms with van der Waals surface area (Å²) in [7, 11) is 0. The predicted octanol–water partition coefficient (Wildman–Crippen LogP) is 4.78. The van der Waals surface area contributed by atoms with Crippen molar-refractivity contribution in [2.45, 2.75) is 32.6 Å². The minimum atomic E-state index is -0.220. The Morgan fingerprint density at radius 3 is 2.68 bits per heavy atom. The zero-order chi connectivity index (χ0) is 17.2. The van der Waals surface area contributed by atoms with E-state index < -0.39 is 0 Å². The fraction of sp³-hybridized carbons (Fsp3) is 0.238. The second-order valence-electron chi connectivity index (χ2n) is 6.39. The number of oxazole rings is 1. The molecule has 25 heavy (non-hydrogen) atoms. The van der Waals surface area contributed by atoms with Gasteiger partial charge in [-0.25, -0.2) is 4.98 Å². The molecule has 3 aromatic rings. The normalized spacial score (nSPS) is 13.3. The molecule has 4 heteroatoms. The van der Waals surface area contributed by atoms with Gasteiger partial charge in [0.25, 0.3) is 5.91 Å². The maximum Gasteiger partial charge on any atom is 0.277 e. The van der Waals surface area contributed by atoms with Gasteiger partial charge in [0.2, 0.25) is 5.89 Å². The molecule has 0 atom stereocenters. The highest BCUT2D eigenvalue weighted by molar-refractivity contribution is 6.04. The van der Waals surface area contributed by atoms with Gasteiger partial charge in [-0.05, 0) is 61.9 Å². The molecule has 2 aromatic carbocycles. The molecule has 4 nitrogen and oxygen atoms in total. The number of hydrogen-bond donors (Lipinski definition) is 1. The Hall–Kier alpha value is -2.88. The van der Waals surface area contributed by atoms with Gasteiger partial charge in [0, 0.05) is 11.3 Å². The van der Waals surface area contributed by atoms with Gasteiger partial charge >= 0.3 is 0 Å². The molecule has 0 bridgehead atoms. The van der Waals surface area contributed by atoms with E-state index in [4.69, 9.17) is 4.42 Å². The van der Waals surface area contributed by atoms with Gasteiger partial charge in [-0.2, -0.15) is 0 Å². The van der Waals surface area contributed by atoms with Crippen molar-refractivity contribution in [3.63, 3.8) is 0 Å². The number of hydrogen-bond acceptors (Lipinski definition) is 3. The minimum Gasteiger partial charge on any atom is -0.441 e. The highest BCUT2D eigenvalue weighted by Crippen LogP contribution is 2.29. The van der Waals surface area contributed by atoms with Gasteiger partial charge in [0.05, 0.1) is 0 Å². The Kier molecular flexibility index (Phi) is 4.10. The molecule has 1 aliphatic carbocycles. The first-order valence-electron chi connectivity index (χ1n) is 8.67. The maximum atomic E-state index is 12.7. The lowest BCUT2D eigenvalue weighted by Gasteiger charge is -2.19. The van der Waals surface area contributed by atoms with Gasteiger partial charge in [-0.15, -0.1) is 0 Å². The van der Waals surface area contributed by atoms with Gasteiger partial charge in [0.15, 0.2) is 5.69 Å². The standard InChI is InChI=1S/C21H20N2O2/c1-14-19(23-21(25-14)16-9-3-2-4-10-16)20(24)22-18-13-7-11-15-8-5-6-12-17(15)18/h2-4,7,9-11,13H,5-6,8,12H2,1H3,(H,22,24). The van der Waals surface area contributed by atoms with Crippen LogP contribution in [0.2, 0.25) is 0 Å². The summed E-state index contributed by atoms with van der Waals surface area (Å²) < 4.78 is 5.70. The van der Waals surface area contributed by atoms with Crippen molar-refractivity contribution >= 4 is 11.6 Å². The molecule has 4 rings (SSSR count). The monoisotopic (exact) mass is 332 g/mol. The molecule has 0 spiro atoms. The van der Waals surface area contributed by atoms with E-state index in [1.54, 1.807) is 6.92 Å². The van der Waals surface area contributed by atoms with Crippen LogP contribution >= 0.6 is 0 Å². The number of fused-ring (bicyclic) bond motifs is 1. The molecule has 0 saturated carbocycles. The molecule has 1 amide bonds. The van der Waals surface area contributed by atoms with E-state index in [2.05, 4.69) is 16.4 Å². The van der Waals surface area contributed by atoms with Crippen LogP contribution in [0.25, 0.3) is 11.5 Å². The number of amides is 1. The SMILES string of the molecule is Cc1oc(-c2ccccc2)nc1C(=O)Nc1cccc2c1CCCC2. The average Bonchev–Trinajstić information content (AvgIpc) is 3.05. The van der Waals surface area contributed by atoms with E-state index in [0.29, 0.717) is 17.3 Å². The summed E-state index contributed by atoms with van der Waals surface area (Å²) in [5, 5.41) is 3.03. The number of benzene rings is 2. The molecular weight excluding hydrogens is 312 g/mol. The van der Waals surface area contributed by atoms with Crippen molar-refractivity contribution in [1.82, 2.24) is 4.98 Å². The third-order valence-corrected chi connectivity index (χ3v) is 4.68. The summed E-state index contributed by atoms with van der Waals surface area (Å²) in [6.07, 6.45) is 4.48. The van der Waals surface area contributed by atoms with E-state index in [-0.39, 0.29) is 5.91 Å². The number of aryl methyl sites for hydroxylation is 2. The molecule has 0 aliphatic heterocycles. The van der Waals surface area contributed by atoms with Gasteiger partial charge in [0.1, 0.15) is 5.76 Å². The van der Waals surface area contributed by atoms with Crippen molar-refractivity contribution in [3.8, 4) is 11.5 Å². The number of aromatic nitrogens is 1. The molecule has 1 aromatic heterocycles. The van der Waals surface area contributed by atoms with Crippen molar-refractivity contribution in [2.75, 3.05) is 5.32 Å². The summed E-state index contributed by atoms with van der Waals surface area (Å²) >= 11 is 0.